The van der Waals surface area contributed by atoms with Gasteiger partial charge in [-0.2, -0.15) is 0 Å². The van der Waals surface area contributed by atoms with Crippen molar-refractivity contribution in [2.24, 2.45) is 7.05 Å². The van der Waals surface area contributed by atoms with Gasteiger partial charge >= 0.3 is 0 Å². The topological polar surface area (TPSA) is 17.8 Å². The molecule has 21 heavy (non-hydrogen) atoms. The van der Waals surface area contributed by atoms with Crippen molar-refractivity contribution in [1.82, 2.24) is 9.55 Å². The second-order valence-electron chi connectivity index (χ2n) is 5.51. The molecule has 4 aromatic rings. The summed E-state index contributed by atoms with van der Waals surface area (Å²) in [6, 6.07) is 19.0. The minimum atomic E-state index is 1.04. The highest BCUT2D eigenvalue weighted by molar-refractivity contribution is 5.96. The molecule has 2 aromatic carbocycles. The summed E-state index contributed by atoms with van der Waals surface area (Å²) < 4.78 is 2.16. The number of hydrogen-bond donors (Lipinski definition) is 0. The van der Waals surface area contributed by atoms with Crippen molar-refractivity contribution in [3.8, 4) is 11.3 Å². The Morgan fingerprint density at radius 1 is 0.905 bits per heavy atom. The van der Waals surface area contributed by atoms with Crippen LogP contribution in [0, 0.1) is 6.92 Å². The highest BCUT2D eigenvalue weighted by Gasteiger charge is 2.10. The Morgan fingerprint density at radius 3 is 2.67 bits per heavy atom. The molecular weight excluding hydrogens is 256 g/mol. The normalized spacial score (nSPS) is 11.3. The van der Waals surface area contributed by atoms with Crippen LogP contribution < -0.4 is 0 Å². The van der Waals surface area contributed by atoms with Crippen molar-refractivity contribution in [3.05, 3.63) is 66.4 Å². The molecule has 0 N–H and O–H groups in total. The van der Waals surface area contributed by atoms with Crippen LogP contribution in [0.1, 0.15) is 5.56 Å². The lowest BCUT2D eigenvalue weighted by Crippen LogP contribution is -1.87. The molecule has 0 unspecified atom stereocenters. The number of nitrogens with zero attached hydrogens (tertiary/aromatic N) is 2. The fourth-order valence-corrected chi connectivity index (χ4v) is 2.99. The first-order chi connectivity index (χ1) is 10.2. The standard InChI is InChI=1S/C19H16N2/c1-13-6-5-7-14-10-11-17(20-19(13)14)16-12-21(2)18-9-4-3-8-15(16)18/h3-12H,1-2H3. The summed E-state index contributed by atoms with van der Waals surface area (Å²) in [4.78, 5) is 4.90. The van der Waals surface area contributed by atoms with E-state index in [0.717, 1.165) is 11.2 Å². The van der Waals surface area contributed by atoms with Gasteiger partial charge < -0.3 is 4.57 Å². The van der Waals surface area contributed by atoms with Gasteiger partial charge in [-0.3, -0.25) is 0 Å². The van der Waals surface area contributed by atoms with Gasteiger partial charge in [0.15, 0.2) is 0 Å². The molecule has 0 saturated heterocycles. The zero-order valence-corrected chi connectivity index (χ0v) is 12.2. The van der Waals surface area contributed by atoms with Gasteiger partial charge in [0.1, 0.15) is 0 Å². The van der Waals surface area contributed by atoms with Crippen molar-refractivity contribution in [3.63, 3.8) is 0 Å². The maximum atomic E-state index is 4.90. The van der Waals surface area contributed by atoms with Crippen LogP contribution in [0.4, 0.5) is 0 Å². The van der Waals surface area contributed by atoms with Crippen LogP contribution in [-0.2, 0) is 7.05 Å². The number of rotatable bonds is 1. The Balaban J connectivity index is 2.02. The third-order valence-electron chi connectivity index (χ3n) is 4.09. The number of para-hydroxylation sites is 2. The number of aromatic nitrogens is 2. The molecule has 102 valence electrons. The predicted molar refractivity (Wildman–Crippen MR) is 88.4 cm³/mol. The minimum absolute atomic E-state index is 1.04. The molecule has 0 aliphatic carbocycles. The Labute approximate surface area is 123 Å². The molecule has 2 heterocycles. The maximum absolute atomic E-state index is 4.90. The van der Waals surface area contributed by atoms with Gasteiger partial charge in [0.25, 0.3) is 0 Å². The smallest absolute Gasteiger partial charge is 0.0738 e. The summed E-state index contributed by atoms with van der Waals surface area (Å²) in [6.07, 6.45) is 2.16. The Hall–Kier alpha value is -2.61. The summed E-state index contributed by atoms with van der Waals surface area (Å²) in [5.41, 5.74) is 5.77. The van der Waals surface area contributed by atoms with E-state index in [1.165, 1.54) is 27.4 Å². The van der Waals surface area contributed by atoms with E-state index in [4.69, 9.17) is 4.98 Å². The molecule has 2 nitrogen and oxygen atoms in total. The lowest BCUT2D eigenvalue weighted by Gasteiger charge is -2.04. The van der Waals surface area contributed by atoms with Crippen molar-refractivity contribution >= 4 is 21.8 Å². The first kappa shape index (κ1) is 12.2. The van der Waals surface area contributed by atoms with E-state index in [2.05, 4.69) is 79.3 Å². The van der Waals surface area contributed by atoms with Crippen molar-refractivity contribution in [1.29, 1.82) is 0 Å². The molecular formula is C19H16N2. The van der Waals surface area contributed by atoms with E-state index in [-0.39, 0.29) is 0 Å². The molecule has 0 aliphatic rings. The molecule has 0 spiro atoms. The second kappa shape index (κ2) is 4.45. The summed E-state index contributed by atoms with van der Waals surface area (Å²) in [7, 11) is 2.08. The van der Waals surface area contributed by atoms with Crippen molar-refractivity contribution in [2.45, 2.75) is 6.92 Å². The Morgan fingerprint density at radius 2 is 1.76 bits per heavy atom. The third kappa shape index (κ3) is 1.83. The highest BCUT2D eigenvalue weighted by atomic mass is 14.9. The van der Waals surface area contributed by atoms with Gasteiger partial charge in [0.2, 0.25) is 0 Å². The van der Waals surface area contributed by atoms with Crippen LogP contribution in [0.2, 0.25) is 0 Å². The summed E-state index contributed by atoms with van der Waals surface area (Å²) in [5, 5.41) is 2.44. The quantitative estimate of drug-likeness (QED) is 0.491. The molecule has 2 aromatic heterocycles. The van der Waals surface area contributed by atoms with Crippen molar-refractivity contribution in [2.75, 3.05) is 0 Å². The molecule has 0 amide bonds. The predicted octanol–water partition coefficient (Wildman–Crippen LogP) is 4.70. The van der Waals surface area contributed by atoms with E-state index in [0.29, 0.717) is 0 Å². The monoisotopic (exact) mass is 272 g/mol. The molecule has 0 atom stereocenters. The molecule has 0 radical (unpaired) electrons. The largest absolute Gasteiger partial charge is 0.350 e. The maximum Gasteiger partial charge on any atom is 0.0738 e. The zero-order valence-electron chi connectivity index (χ0n) is 12.2. The van der Waals surface area contributed by atoms with Crippen molar-refractivity contribution < 1.29 is 0 Å². The van der Waals surface area contributed by atoms with Crippen LogP contribution in [0.15, 0.2) is 60.8 Å². The fraction of sp³-hybridized carbons (Fsp3) is 0.105. The van der Waals surface area contributed by atoms with Gasteiger partial charge in [-0.15, -0.1) is 0 Å². The lowest BCUT2D eigenvalue weighted by atomic mass is 10.1. The Kier molecular flexibility index (Phi) is 2.58. The van der Waals surface area contributed by atoms with Gasteiger partial charge in [0, 0.05) is 35.1 Å². The van der Waals surface area contributed by atoms with E-state index in [1.807, 2.05) is 0 Å². The van der Waals surface area contributed by atoms with Crippen LogP contribution >= 0.6 is 0 Å². The number of hydrogen-bond acceptors (Lipinski definition) is 1. The molecule has 0 bridgehead atoms. The minimum Gasteiger partial charge on any atom is -0.350 e. The molecule has 2 heteroatoms. The fourth-order valence-electron chi connectivity index (χ4n) is 2.99. The highest BCUT2D eigenvalue weighted by Crippen LogP contribution is 2.30. The van der Waals surface area contributed by atoms with Crippen LogP contribution in [0.5, 0.6) is 0 Å². The average Bonchev–Trinajstić information content (AvgIpc) is 2.85. The van der Waals surface area contributed by atoms with Gasteiger partial charge in [-0.05, 0) is 24.6 Å². The zero-order chi connectivity index (χ0) is 14.4. The molecule has 4 rings (SSSR count). The average molecular weight is 272 g/mol. The lowest BCUT2D eigenvalue weighted by molar-refractivity contribution is 0.969. The summed E-state index contributed by atoms with van der Waals surface area (Å²) in [5.74, 6) is 0. The van der Waals surface area contributed by atoms with Gasteiger partial charge in [0.05, 0.1) is 11.2 Å². The van der Waals surface area contributed by atoms with Gasteiger partial charge in [-0.1, -0.05) is 42.5 Å². The molecule has 0 aliphatic heterocycles. The third-order valence-corrected chi connectivity index (χ3v) is 4.09. The van der Waals surface area contributed by atoms with E-state index < -0.39 is 0 Å². The van der Waals surface area contributed by atoms with E-state index in [1.54, 1.807) is 0 Å². The van der Waals surface area contributed by atoms with Gasteiger partial charge in [-0.25, -0.2) is 4.98 Å². The van der Waals surface area contributed by atoms with Crippen LogP contribution in [0.25, 0.3) is 33.1 Å². The number of pyridine rings is 1. The number of fused-ring (bicyclic) bond motifs is 2. The SMILES string of the molecule is Cc1cccc2ccc(-c3cn(C)c4ccccc34)nc12. The molecule has 0 fully saturated rings. The van der Waals surface area contributed by atoms with E-state index in [9.17, 15) is 0 Å². The Bertz CT molecular complexity index is 964. The second-order valence-corrected chi connectivity index (χ2v) is 5.51. The van der Waals surface area contributed by atoms with Crippen LogP contribution in [0.3, 0.4) is 0 Å². The van der Waals surface area contributed by atoms with Crippen LogP contribution in [-0.4, -0.2) is 9.55 Å². The number of benzene rings is 2. The molecule has 0 saturated carbocycles. The van der Waals surface area contributed by atoms with E-state index >= 15 is 0 Å². The summed E-state index contributed by atoms with van der Waals surface area (Å²) in [6.45, 7) is 2.11. The summed E-state index contributed by atoms with van der Waals surface area (Å²) >= 11 is 0. The first-order valence-electron chi connectivity index (χ1n) is 7.15. The first-order valence-corrected chi connectivity index (χ1v) is 7.15. The number of aryl methyl sites for hydroxylation is 2.